The summed E-state index contributed by atoms with van der Waals surface area (Å²) in [7, 11) is 0. The molecule has 0 saturated carbocycles. The fraction of sp³-hybridized carbons (Fsp3) is 0.263. The van der Waals surface area contributed by atoms with Crippen LogP contribution in [0.5, 0.6) is 0 Å². The number of amides is 2. The van der Waals surface area contributed by atoms with E-state index in [1.54, 1.807) is 25.1 Å². The molecule has 1 aliphatic heterocycles. The Hall–Kier alpha value is -2.87. The fourth-order valence-electron chi connectivity index (χ4n) is 3.17. The Bertz CT molecular complexity index is 853. The number of alkyl halides is 3. The second-order valence-electron chi connectivity index (χ2n) is 6.46. The van der Waals surface area contributed by atoms with Crippen molar-refractivity contribution >= 4 is 11.8 Å². The van der Waals surface area contributed by atoms with E-state index in [4.69, 9.17) is 0 Å². The third kappa shape index (κ3) is 3.40. The molecule has 27 heavy (non-hydrogen) atoms. The number of aliphatic hydroxyl groups is 1. The molecule has 1 heterocycles. The molecule has 0 bridgehead atoms. The molecule has 2 amide bonds. The van der Waals surface area contributed by atoms with Crippen LogP contribution in [-0.4, -0.2) is 28.8 Å². The lowest BCUT2D eigenvalue weighted by Gasteiger charge is -2.45. The number of ketones is 1. The van der Waals surface area contributed by atoms with Crippen LogP contribution < -0.4 is 10.6 Å². The van der Waals surface area contributed by atoms with Gasteiger partial charge in [0.2, 0.25) is 5.72 Å². The highest BCUT2D eigenvalue weighted by Gasteiger charge is 2.66. The molecule has 0 aromatic heterocycles. The number of benzene rings is 2. The van der Waals surface area contributed by atoms with Crippen LogP contribution in [0.4, 0.5) is 18.0 Å². The molecule has 142 valence electrons. The van der Waals surface area contributed by atoms with E-state index in [-0.39, 0.29) is 11.1 Å². The molecule has 1 fully saturated rings. The number of carbonyl (C=O) groups is 2. The van der Waals surface area contributed by atoms with Crippen molar-refractivity contribution in [3.05, 3.63) is 71.3 Å². The van der Waals surface area contributed by atoms with E-state index in [9.17, 15) is 27.9 Å². The Morgan fingerprint density at radius 2 is 1.67 bits per heavy atom. The summed E-state index contributed by atoms with van der Waals surface area (Å²) in [5.74, 6) is -2.95. The van der Waals surface area contributed by atoms with Crippen molar-refractivity contribution < 1.29 is 27.9 Å². The highest BCUT2D eigenvalue weighted by Crippen LogP contribution is 2.43. The molecule has 5 nitrogen and oxygen atoms in total. The summed E-state index contributed by atoms with van der Waals surface area (Å²) in [5.41, 5.74) is -2.57. The summed E-state index contributed by atoms with van der Waals surface area (Å²) in [6, 6.07) is 11.1. The standard InChI is InChI=1S/C19H17F3N2O3/c1-11-7-9-12(10-8-11)15-14(16(25)13-5-3-2-4-6-13)18(27,19(20,21)22)24-17(26)23-15/h2-10,14-15,27H,1H3,(H2,23,24,26)/t14-,15+,18+/m1/s1. The highest BCUT2D eigenvalue weighted by molar-refractivity contribution is 6.00. The van der Waals surface area contributed by atoms with Crippen molar-refractivity contribution in [3.8, 4) is 0 Å². The number of Topliss-reactive ketones (excluding diaryl/α,β-unsaturated/α-hetero) is 1. The maximum atomic E-state index is 13.7. The normalized spacial score (nSPS) is 25.4. The lowest BCUT2D eigenvalue weighted by Crippen LogP contribution is -2.72. The largest absolute Gasteiger partial charge is 0.437 e. The van der Waals surface area contributed by atoms with Crippen LogP contribution in [0.25, 0.3) is 0 Å². The first-order valence-corrected chi connectivity index (χ1v) is 8.17. The second-order valence-corrected chi connectivity index (χ2v) is 6.46. The first-order chi connectivity index (χ1) is 12.6. The van der Waals surface area contributed by atoms with Gasteiger partial charge in [-0.25, -0.2) is 4.79 Å². The quantitative estimate of drug-likeness (QED) is 0.719. The number of aryl methyl sites for hydroxylation is 1. The first-order valence-electron chi connectivity index (χ1n) is 8.17. The maximum Gasteiger partial charge on any atom is 0.437 e. The van der Waals surface area contributed by atoms with Gasteiger partial charge in [-0.05, 0) is 12.5 Å². The predicted octanol–water partition coefficient (Wildman–Crippen LogP) is 3.10. The summed E-state index contributed by atoms with van der Waals surface area (Å²) >= 11 is 0. The average Bonchev–Trinajstić information content (AvgIpc) is 2.61. The van der Waals surface area contributed by atoms with Gasteiger partial charge in [-0.2, -0.15) is 13.2 Å². The van der Waals surface area contributed by atoms with Crippen LogP contribution in [0.1, 0.15) is 27.5 Å². The molecule has 0 aliphatic carbocycles. The molecule has 3 N–H and O–H groups in total. The Morgan fingerprint density at radius 3 is 2.22 bits per heavy atom. The number of rotatable bonds is 3. The van der Waals surface area contributed by atoms with Crippen LogP contribution >= 0.6 is 0 Å². The zero-order valence-corrected chi connectivity index (χ0v) is 14.2. The van der Waals surface area contributed by atoms with Crippen LogP contribution in [0.3, 0.4) is 0 Å². The van der Waals surface area contributed by atoms with E-state index in [0.717, 1.165) is 5.56 Å². The van der Waals surface area contributed by atoms with E-state index >= 15 is 0 Å². The molecular formula is C19H17F3N2O3. The summed E-state index contributed by atoms with van der Waals surface area (Å²) in [6.07, 6.45) is -5.26. The fourth-order valence-corrected chi connectivity index (χ4v) is 3.17. The van der Waals surface area contributed by atoms with Crippen LogP contribution in [0, 0.1) is 12.8 Å². The molecule has 0 radical (unpaired) electrons. The molecule has 2 aromatic carbocycles. The van der Waals surface area contributed by atoms with Crippen molar-refractivity contribution in [3.63, 3.8) is 0 Å². The number of halogens is 3. The molecular weight excluding hydrogens is 361 g/mol. The minimum absolute atomic E-state index is 0.000218. The molecule has 3 rings (SSSR count). The minimum atomic E-state index is -5.26. The molecule has 0 spiro atoms. The minimum Gasteiger partial charge on any atom is -0.363 e. The SMILES string of the molecule is Cc1ccc([C@@H]2NC(=O)N[C@@](O)(C(F)(F)F)[C@H]2C(=O)c2ccccc2)cc1. The zero-order chi connectivity index (χ0) is 19.8. The van der Waals surface area contributed by atoms with E-state index in [1.807, 2.05) is 0 Å². The van der Waals surface area contributed by atoms with E-state index in [0.29, 0.717) is 0 Å². The smallest absolute Gasteiger partial charge is 0.363 e. The Balaban J connectivity index is 2.15. The predicted molar refractivity (Wildman–Crippen MR) is 90.9 cm³/mol. The lowest BCUT2D eigenvalue weighted by molar-refractivity contribution is -0.287. The molecule has 1 saturated heterocycles. The van der Waals surface area contributed by atoms with Gasteiger partial charge in [0.15, 0.2) is 5.78 Å². The third-order valence-corrected chi connectivity index (χ3v) is 4.58. The van der Waals surface area contributed by atoms with Gasteiger partial charge in [-0.3, -0.25) is 4.79 Å². The maximum absolute atomic E-state index is 13.7. The van der Waals surface area contributed by atoms with Crippen LogP contribution in [0.2, 0.25) is 0 Å². The highest BCUT2D eigenvalue weighted by atomic mass is 19.4. The van der Waals surface area contributed by atoms with Crippen molar-refractivity contribution in [1.82, 2.24) is 10.6 Å². The van der Waals surface area contributed by atoms with E-state index < -0.39 is 35.7 Å². The van der Waals surface area contributed by atoms with Crippen molar-refractivity contribution in [2.45, 2.75) is 24.9 Å². The molecule has 1 aliphatic rings. The van der Waals surface area contributed by atoms with Gasteiger partial charge in [0.25, 0.3) is 0 Å². The number of nitrogens with one attached hydrogen (secondary N) is 2. The molecule has 8 heteroatoms. The van der Waals surface area contributed by atoms with Crippen molar-refractivity contribution in [2.75, 3.05) is 0 Å². The summed E-state index contributed by atoms with van der Waals surface area (Å²) in [4.78, 5) is 24.9. The Kier molecular flexibility index (Phi) is 4.69. The van der Waals surface area contributed by atoms with Gasteiger partial charge in [-0.1, -0.05) is 60.2 Å². The molecule has 2 aromatic rings. The first kappa shape index (κ1) is 18.9. The number of urea groups is 1. The average molecular weight is 378 g/mol. The topological polar surface area (TPSA) is 78.4 Å². The van der Waals surface area contributed by atoms with Gasteiger partial charge >= 0.3 is 12.2 Å². The molecule has 3 atom stereocenters. The van der Waals surface area contributed by atoms with Crippen LogP contribution in [-0.2, 0) is 0 Å². The van der Waals surface area contributed by atoms with Crippen LogP contribution in [0.15, 0.2) is 54.6 Å². The lowest BCUT2D eigenvalue weighted by atomic mass is 9.77. The van der Waals surface area contributed by atoms with Gasteiger partial charge in [0.05, 0.1) is 6.04 Å². The summed E-state index contributed by atoms with van der Waals surface area (Å²) in [6.45, 7) is 1.80. The number of carbonyl (C=O) groups excluding carboxylic acids is 2. The Morgan fingerprint density at radius 1 is 1.07 bits per heavy atom. The van der Waals surface area contributed by atoms with Crippen molar-refractivity contribution in [2.24, 2.45) is 5.92 Å². The van der Waals surface area contributed by atoms with E-state index in [2.05, 4.69) is 5.32 Å². The Labute approximate surface area is 153 Å². The van der Waals surface area contributed by atoms with Gasteiger partial charge in [0, 0.05) is 5.56 Å². The monoisotopic (exact) mass is 378 g/mol. The number of hydrogen-bond acceptors (Lipinski definition) is 3. The molecule has 0 unspecified atom stereocenters. The van der Waals surface area contributed by atoms with Gasteiger partial charge < -0.3 is 15.7 Å². The summed E-state index contributed by atoms with van der Waals surface area (Å²) < 4.78 is 41.2. The number of hydrogen-bond donors (Lipinski definition) is 3. The van der Waals surface area contributed by atoms with Gasteiger partial charge in [-0.15, -0.1) is 0 Å². The summed E-state index contributed by atoms with van der Waals surface area (Å²) in [5, 5.41) is 14.3. The second kappa shape index (κ2) is 6.70. The van der Waals surface area contributed by atoms with Crippen molar-refractivity contribution in [1.29, 1.82) is 0 Å². The van der Waals surface area contributed by atoms with E-state index in [1.165, 1.54) is 41.7 Å². The third-order valence-electron chi connectivity index (χ3n) is 4.58. The zero-order valence-electron chi connectivity index (χ0n) is 14.2. The van der Waals surface area contributed by atoms with Gasteiger partial charge in [0.1, 0.15) is 5.92 Å².